The molecule has 1 aliphatic rings. The lowest BCUT2D eigenvalue weighted by atomic mass is 9.92. The first-order valence-electron chi connectivity index (χ1n) is 7.81. The molecule has 0 amide bonds. The van der Waals surface area contributed by atoms with E-state index in [9.17, 15) is 0 Å². The van der Waals surface area contributed by atoms with E-state index in [2.05, 4.69) is 48.3 Å². The zero-order valence-corrected chi connectivity index (χ0v) is 12.7. The van der Waals surface area contributed by atoms with Gasteiger partial charge in [0.2, 0.25) is 0 Å². The summed E-state index contributed by atoms with van der Waals surface area (Å²) in [5, 5.41) is 1.20. The number of H-pyrrole nitrogens is 1. The molecule has 3 heteroatoms. The lowest BCUT2D eigenvalue weighted by Gasteiger charge is -2.14. The highest BCUT2D eigenvalue weighted by molar-refractivity contribution is 5.91. The fourth-order valence-electron chi connectivity index (χ4n) is 3.43. The van der Waals surface area contributed by atoms with Crippen molar-refractivity contribution >= 4 is 10.9 Å². The highest BCUT2D eigenvalue weighted by Gasteiger charge is 2.24. The van der Waals surface area contributed by atoms with Crippen molar-refractivity contribution in [3.05, 3.63) is 65.4 Å². The van der Waals surface area contributed by atoms with E-state index in [1.807, 2.05) is 12.1 Å². The SMILES string of the molecule is C[C@H](c1ccccc1)c1[nH]c2cccc3c2c1C[C@H](N)CO3. The number of benzene rings is 2. The summed E-state index contributed by atoms with van der Waals surface area (Å²) in [6.07, 6.45) is 0.851. The van der Waals surface area contributed by atoms with E-state index >= 15 is 0 Å². The zero-order chi connectivity index (χ0) is 15.1. The molecular weight excluding hydrogens is 272 g/mol. The summed E-state index contributed by atoms with van der Waals surface area (Å²) in [4.78, 5) is 3.61. The fourth-order valence-corrected chi connectivity index (χ4v) is 3.43. The molecule has 22 heavy (non-hydrogen) atoms. The molecule has 1 aromatic heterocycles. The quantitative estimate of drug-likeness (QED) is 0.758. The molecule has 0 bridgehead atoms. The van der Waals surface area contributed by atoms with Crippen molar-refractivity contribution in [2.24, 2.45) is 5.73 Å². The highest BCUT2D eigenvalue weighted by Crippen LogP contribution is 2.38. The number of nitrogens with two attached hydrogens (primary N) is 1. The first-order valence-corrected chi connectivity index (χ1v) is 7.81. The number of rotatable bonds is 2. The fraction of sp³-hybridized carbons (Fsp3) is 0.263. The van der Waals surface area contributed by atoms with Crippen LogP contribution in [0.1, 0.15) is 29.7 Å². The molecule has 0 fully saturated rings. The lowest BCUT2D eigenvalue weighted by molar-refractivity contribution is 0.296. The Kier molecular flexibility index (Phi) is 3.16. The molecule has 0 radical (unpaired) electrons. The average molecular weight is 292 g/mol. The van der Waals surface area contributed by atoms with Crippen LogP contribution in [0.5, 0.6) is 5.75 Å². The number of nitrogens with one attached hydrogen (secondary N) is 1. The average Bonchev–Trinajstić information content (AvgIpc) is 2.82. The van der Waals surface area contributed by atoms with E-state index in [1.165, 1.54) is 22.2 Å². The van der Waals surface area contributed by atoms with Crippen molar-refractivity contribution in [2.75, 3.05) is 6.61 Å². The van der Waals surface area contributed by atoms with Crippen LogP contribution >= 0.6 is 0 Å². The van der Waals surface area contributed by atoms with Gasteiger partial charge >= 0.3 is 0 Å². The maximum absolute atomic E-state index is 6.22. The monoisotopic (exact) mass is 292 g/mol. The molecule has 3 aromatic rings. The first kappa shape index (κ1) is 13.4. The molecule has 3 N–H and O–H groups in total. The smallest absolute Gasteiger partial charge is 0.129 e. The van der Waals surface area contributed by atoms with E-state index in [0.717, 1.165) is 17.7 Å². The minimum absolute atomic E-state index is 0.0353. The van der Waals surface area contributed by atoms with E-state index in [0.29, 0.717) is 12.5 Å². The summed E-state index contributed by atoms with van der Waals surface area (Å²) in [6, 6.07) is 16.8. The molecule has 0 saturated carbocycles. The van der Waals surface area contributed by atoms with Gasteiger partial charge in [0.25, 0.3) is 0 Å². The number of ether oxygens (including phenoxy) is 1. The number of hydrogen-bond donors (Lipinski definition) is 2. The Morgan fingerprint density at radius 1 is 1.14 bits per heavy atom. The van der Waals surface area contributed by atoms with Crippen molar-refractivity contribution in [1.82, 2.24) is 4.98 Å². The van der Waals surface area contributed by atoms with Crippen molar-refractivity contribution in [3.8, 4) is 5.75 Å². The van der Waals surface area contributed by atoms with E-state index in [4.69, 9.17) is 10.5 Å². The Hall–Kier alpha value is -2.26. The van der Waals surface area contributed by atoms with Gasteiger partial charge in [-0.25, -0.2) is 0 Å². The molecule has 2 atom stereocenters. The summed E-state index contributed by atoms with van der Waals surface area (Å²) in [7, 11) is 0. The number of aromatic amines is 1. The van der Waals surface area contributed by atoms with Crippen molar-refractivity contribution in [2.45, 2.75) is 25.3 Å². The van der Waals surface area contributed by atoms with Gasteiger partial charge in [-0.3, -0.25) is 0 Å². The van der Waals surface area contributed by atoms with Crippen LogP contribution in [0.25, 0.3) is 10.9 Å². The first-order chi connectivity index (χ1) is 10.7. The van der Waals surface area contributed by atoms with Crippen LogP contribution in [0.2, 0.25) is 0 Å². The lowest BCUT2D eigenvalue weighted by Crippen LogP contribution is -2.29. The molecular formula is C19H20N2O. The molecule has 112 valence electrons. The second-order valence-corrected chi connectivity index (χ2v) is 6.10. The van der Waals surface area contributed by atoms with Gasteiger partial charge in [0, 0.05) is 28.6 Å². The molecule has 0 unspecified atom stereocenters. The van der Waals surface area contributed by atoms with E-state index in [1.54, 1.807) is 0 Å². The Labute approximate surface area is 130 Å². The third-order valence-electron chi connectivity index (χ3n) is 4.57. The van der Waals surface area contributed by atoms with Crippen LogP contribution in [0.4, 0.5) is 0 Å². The van der Waals surface area contributed by atoms with Gasteiger partial charge in [0.15, 0.2) is 0 Å². The predicted octanol–water partition coefficient (Wildman–Crippen LogP) is 3.58. The Morgan fingerprint density at radius 3 is 2.77 bits per heavy atom. The molecule has 3 nitrogen and oxygen atoms in total. The van der Waals surface area contributed by atoms with Crippen LogP contribution in [0, 0.1) is 0 Å². The third-order valence-corrected chi connectivity index (χ3v) is 4.57. The van der Waals surface area contributed by atoms with E-state index in [-0.39, 0.29) is 6.04 Å². The molecule has 0 spiro atoms. The van der Waals surface area contributed by atoms with Gasteiger partial charge in [0.05, 0.1) is 0 Å². The highest BCUT2D eigenvalue weighted by atomic mass is 16.5. The van der Waals surface area contributed by atoms with Gasteiger partial charge in [-0.05, 0) is 29.7 Å². The third kappa shape index (κ3) is 2.09. The molecule has 4 rings (SSSR count). The van der Waals surface area contributed by atoms with Gasteiger partial charge in [-0.1, -0.05) is 43.3 Å². The van der Waals surface area contributed by atoms with Gasteiger partial charge in [-0.2, -0.15) is 0 Å². The summed E-state index contributed by atoms with van der Waals surface area (Å²) in [5.74, 6) is 1.25. The minimum Gasteiger partial charge on any atom is -0.491 e. The van der Waals surface area contributed by atoms with Gasteiger partial charge < -0.3 is 15.5 Å². The van der Waals surface area contributed by atoms with Crippen LogP contribution in [-0.2, 0) is 6.42 Å². The summed E-state index contributed by atoms with van der Waals surface area (Å²) < 4.78 is 5.89. The molecule has 2 heterocycles. The van der Waals surface area contributed by atoms with E-state index < -0.39 is 0 Å². The second-order valence-electron chi connectivity index (χ2n) is 6.10. The van der Waals surface area contributed by atoms with Crippen LogP contribution < -0.4 is 10.5 Å². The van der Waals surface area contributed by atoms with Crippen LogP contribution in [-0.4, -0.2) is 17.6 Å². The standard InChI is InChI=1S/C19H20N2O/c1-12(13-6-3-2-4-7-13)19-15-10-14(20)11-22-17-9-5-8-16(21-19)18(15)17/h2-9,12,14,21H,10-11,20H2,1H3/t12-,14+/m1/s1. The normalized spacial score (nSPS) is 18.7. The largest absolute Gasteiger partial charge is 0.491 e. The van der Waals surface area contributed by atoms with Gasteiger partial charge in [-0.15, -0.1) is 0 Å². The zero-order valence-electron chi connectivity index (χ0n) is 12.7. The molecule has 0 aliphatic carbocycles. The number of hydrogen-bond acceptors (Lipinski definition) is 2. The van der Waals surface area contributed by atoms with Gasteiger partial charge in [0.1, 0.15) is 12.4 Å². The molecule has 2 aromatic carbocycles. The maximum Gasteiger partial charge on any atom is 0.129 e. The predicted molar refractivity (Wildman–Crippen MR) is 89.4 cm³/mol. The Bertz CT molecular complexity index is 807. The van der Waals surface area contributed by atoms with Crippen LogP contribution in [0.3, 0.4) is 0 Å². The minimum atomic E-state index is 0.0353. The molecule has 0 saturated heterocycles. The topological polar surface area (TPSA) is 51.0 Å². The van der Waals surface area contributed by atoms with Crippen molar-refractivity contribution < 1.29 is 4.74 Å². The molecule has 1 aliphatic heterocycles. The summed E-state index contributed by atoms with van der Waals surface area (Å²) in [6.45, 7) is 2.82. The second kappa shape index (κ2) is 5.18. The number of aromatic nitrogens is 1. The summed E-state index contributed by atoms with van der Waals surface area (Å²) >= 11 is 0. The maximum atomic E-state index is 6.22. The summed E-state index contributed by atoms with van der Waals surface area (Å²) in [5.41, 5.74) is 11.2. The van der Waals surface area contributed by atoms with Crippen molar-refractivity contribution in [1.29, 1.82) is 0 Å². The Balaban J connectivity index is 1.91. The Morgan fingerprint density at radius 2 is 1.95 bits per heavy atom. The van der Waals surface area contributed by atoms with Crippen molar-refractivity contribution in [3.63, 3.8) is 0 Å². The van der Waals surface area contributed by atoms with Crippen LogP contribution in [0.15, 0.2) is 48.5 Å².